The third-order valence-electron chi connectivity index (χ3n) is 4.49. The predicted octanol–water partition coefficient (Wildman–Crippen LogP) is 2.67. The molecular weight excluding hydrogens is 370 g/mol. The summed E-state index contributed by atoms with van der Waals surface area (Å²) in [6, 6.07) is 17.5. The number of hydrogen-bond acceptors (Lipinski definition) is 6. The minimum atomic E-state index is -0.735. The van der Waals surface area contributed by atoms with E-state index in [0.717, 1.165) is 0 Å². The van der Waals surface area contributed by atoms with Crippen LogP contribution in [0.15, 0.2) is 64.5 Å². The number of carbonyl (C=O) groups excluding carboxylic acids is 1. The van der Waals surface area contributed by atoms with Gasteiger partial charge in [-0.1, -0.05) is 18.2 Å². The van der Waals surface area contributed by atoms with Crippen LogP contribution in [0.4, 0.5) is 5.69 Å². The van der Waals surface area contributed by atoms with E-state index in [1.807, 2.05) is 6.07 Å². The third kappa shape index (κ3) is 3.80. The second-order valence-electron chi connectivity index (χ2n) is 6.18. The minimum absolute atomic E-state index is 0.0896. The number of ketones is 1. The molecule has 0 fully saturated rings. The molecule has 0 radical (unpaired) electrons. The molecule has 1 aromatic heterocycles. The van der Waals surface area contributed by atoms with Gasteiger partial charge in [0.15, 0.2) is 0 Å². The van der Waals surface area contributed by atoms with Gasteiger partial charge in [-0.25, -0.2) is 4.68 Å². The number of hydrazone groups is 1. The topological polar surface area (TPSA) is 101 Å². The van der Waals surface area contributed by atoms with E-state index in [2.05, 4.69) is 10.5 Å². The summed E-state index contributed by atoms with van der Waals surface area (Å²) < 4.78 is 8.04. The summed E-state index contributed by atoms with van der Waals surface area (Å²) in [4.78, 5) is 25.8. The molecule has 29 heavy (non-hydrogen) atoms. The lowest BCUT2D eigenvalue weighted by molar-refractivity contribution is 0.106. The van der Waals surface area contributed by atoms with E-state index in [0.29, 0.717) is 22.8 Å². The van der Waals surface area contributed by atoms with Gasteiger partial charge in [0.2, 0.25) is 11.5 Å². The number of anilines is 1. The fraction of sp³-hybridized carbons (Fsp3) is 0.143. The summed E-state index contributed by atoms with van der Waals surface area (Å²) in [7, 11) is 3.23. The maximum atomic E-state index is 12.9. The molecule has 0 aliphatic rings. The first-order valence-electron chi connectivity index (χ1n) is 8.74. The first kappa shape index (κ1) is 19.6. The maximum absolute atomic E-state index is 12.9. The lowest BCUT2D eigenvalue weighted by Crippen LogP contribution is -2.25. The molecule has 8 nitrogen and oxygen atoms in total. The number of carbonyl (C=O) groups is 1. The summed E-state index contributed by atoms with van der Waals surface area (Å²) in [5, 5.41) is 13.3. The zero-order valence-electron chi connectivity index (χ0n) is 16.2. The molecule has 2 aromatic carbocycles. The number of nitrogens with one attached hydrogen (secondary N) is 1. The second-order valence-corrected chi connectivity index (χ2v) is 6.18. The lowest BCUT2D eigenvalue weighted by atomic mass is 10.1. The molecule has 0 unspecified atom stereocenters. The molecule has 0 saturated heterocycles. The zero-order valence-corrected chi connectivity index (χ0v) is 16.2. The number of methoxy groups -OCH3 is 1. The molecule has 8 heteroatoms. The maximum Gasteiger partial charge on any atom is 0.283 e. The molecule has 1 N–H and O–H groups in total. The van der Waals surface area contributed by atoms with Crippen LogP contribution >= 0.6 is 0 Å². The molecule has 3 aromatic rings. The van der Waals surface area contributed by atoms with Gasteiger partial charge >= 0.3 is 0 Å². The van der Waals surface area contributed by atoms with Gasteiger partial charge in [-0.2, -0.15) is 10.4 Å². The third-order valence-corrected chi connectivity index (χ3v) is 4.49. The Hall–Kier alpha value is -4.12. The standard InChI is InChI=1S/C21H19N5O3/c1-14-19(21(28)26(25(14)2)16-7-5-4-6-8-16)20(27)18(13-22)24-23-15-9-11-17(29-3)12-10-15/h4-12,23H,1-3H3/b24-18-. The molecular formula is C21H19N5O3. The van der Waals surface area contributed by atoms with Gasteiger partial charge in [0.05, 0.1) is 18.5 Å². The zero-order chi connectivity index (χ0) is 21.0. The second kappa shape index (κ2) is 8.27. The highest BCUT2D eigenvalue weighted by atomic mass is 16.5. The highest BCUT2D eigenvalue weighted by molar-refractivity contribution is 6.51. The van der Waals surface area contributed by atoms with Crippen molar-refractivity contribution < 1.29 is 9.53 Å². The Morgan fingerprint density at radius 2 is 1.79 bits per heavy atom. The van der Waals surface area contributed by atoms with Crippen molar-refractivity contribution in [3.8, 4) is 17.5 Å². The number of benzene rings is 2. The number of Topliss-reactive ketones (excluding diaryl/α,β-unsaturated/α-hetero) is 1. The smallest absolute Gasteiger partial charge is 0.283 e. The average molecular weight is 389 g/mol. The Morgan fingerprint density at radius 1 is 1.14 bits per heavy atom. The molecule has 0 saturated carbocycles. The number of nitriles is 1. The molecule has 1 heterocycles. The number of ether oxygens (including phenoxy) is 1. The summed E-state index contributed by atoms with van der Waals surface area (Å²) in [6.07, 6.45) is 0. The fourth-order valence-corrected chi connectivity index (χ4v) is 2.86. The highest BCUT2D eigenvalue weighted by Gasteiger charge is 2.26. The summed E-state index contributed by atoms with van der Waals surface area (Å²) in [6.45, 7) is 1.65. The van der Waals surface area contributed by atoms with Gasteiger partial charge < -0.3 is 4.74 Å². The van der Waals surface area contributed by atoms with Crippen molar-refractivity contribution in [2.24, 2.45) is 12.1 Å². The molecule has 146 valence electrons. The fourth-order valence-electron chi connectivity index (χ4n) is 2.86. The summed E-state index contributed by atoms with van der Waals surface area (Å²) in [5.74, 6) is -0.0706. The van der Waals surface area contributed by atoms with Crippen molar-refractivity contribution in [1.29, 1.82) is 5.26 Å². The van der Waals surface area contributed by atoms with Crippen molar-refractivity contribution in [3.05, 3.63) is 76.2 Å². The van der Waals surface area contributed by atoms with Gasteiger partial charge in [0.1, 0.15) is 17.4 Å². The van der Waals surface area contributed by atoms with Gasteiger partial charge in [-0.15, -0.1) is 0 Å². The van der Waals surface area contributed by atoms with Crippen LogP contribution in [0.25, 0.3) is 5.69 Å². The van der Waals surface area contributed by atoms with E-state index in [1.54, 1.807) is 80.4 Å². The number of nitrogens with zero attached hydrogens (tertiary/aromatic N) is 4. The molecule has 0 aliphatic carbocycles. The van der Waals surface area contributed by atoms with Crippen molar-refractivity contribution >= 4 is 17.2 Å². The molecule has 0 aliphatic heterocycles. The Balaban J connectivity index is 1.96. The van der Waals surface area contributed by atoms with Crippen molar-refractivity contribution in [2.45, 2.75) is 6.92 Å². The van der Waals surface area contributed by atoms with Crippen LogP contribution in [0, 0.1) is 18.3 Å². The molecule has 0 amide bonds. The Bertz CT molecular complexity index is 1170. The van der Waals surface area contributed by atoms with Crippen molar-refractivity contribution in [3.63, 3.8) is 0 Å². The highest BCUT2D eigenvalue weighted by Crippen LogP contribution is 2.15. The van der Waals surface area contributed by atoms with Gasteiger partial charge in [-0.3, -0.25) is 19.7 Å². The van der Waals surface area contributed by atoms with E-state index in [1.165, 1.54) is 4.68 Å². The van der Waals surface area contributed by atoms with Crippen LogP contribution in [-0.2, 0) is 7.05 Å². The van der Waals surface area contributed by atoms with Crippen LogP contribution in [0.3, 0.4) is 0 Å². The van der Waals surface area contributed by atoms with Gasteiger partial charge in [0.25, 0.3) is 5.56 Å². The van der Waals surface area contributed by atoms with E-state index in [4.69, 9.17) is 4.74 Å². The monoisotopic (exact) mass is 389 g/mol. The van der Waals surface area contributed by atoms with E-state index >= 15 is 0 Å². The lowest BCUT2D eigenvalue weighted by Gasteiger charge is -2.07. The normalized spacial score (nSPS) is 11.0. The number of para-hydroxylation sites is 1. The largest absolute Gasteiger partial charge is 0.497 e. The Morgan fingerprint density at radius 3 is 2.38 bits per heavy atom. The Kier molecular flexibility index (Phi) is 5.60. The van der Waals surface area contributed by atoms with Crippen LogP contribution in [0.2, 0.25) is 0 Å². The van der Waals surface area contributed by atoms with Crippen LogP contribution in [0.5, 0.6) is 5.75 Å². The molecule has 0 spiro atoms. The predicted molar refractivity (Wildman–Crippen MR) is 110 cm³/mol. The number of rotatable bonds is 6. The minimum Gasteiger partial charge on any atom is -0.497 e. The van der Waals surface area contributed by atoms with E-state index < -0.39 is 17.1 Å². The molecule has 0 bridgehead atoms. The SMILES string of the molecule is COc1ccc(N/N=C(/C#N)C(=O)c2c(C)n(C)n(-c3ccccc3)c2=O)cc1. The Labute approximate surface area is 167 Å². The average Bonchev–Trinajstić information content (AvgIpc) is 2.97. The van der Waals surface area contributed by atoms with Crippen LogP contribution in [0.1, 0.15) is 16.1 Å². The first-order valence-corrected chi connectivity index (χ1v) is 8.74. The van der Waals surface area contributed by atoms with Crippen LogP contribution in [-0.4, -0.2) is 28.0 Å². The van der Waals surface area contributed by atoms with Gasteiger partial charge in [0, 0.05) is 12.7 Å². The van der Waals surface area contributed by atoms with Crippen LogP contribution < -0.4 is 15.7 Å². The quantitative estimate of drug-likeness (QED) is 0.397. The van der Waals surface area contributed by atoms with Crippen molar-refractivity contribution in [2.75, 3.05) is 12.5 Å². The van der Waals surface area contributed by atoms with E-state index in [9.17, 15) is 14.9 Å². The summed E-state index contributed by atoms with van der Waals surface area (Å²) in [5.41, 5.74) is 3.28. The van der Waals surface area contributed by atoms with Gasteiger partial charge in [-0.05, 0) is 43.3 Å². The first-order chi connectivity index (χ1) is 14.0. The summed E-state index contributed by atoms with van der Waals surface area (Å²) >= 11 is 0. The molecule has 3 rings (SSSR count). The number of aromatic nitrogens is 2. The van der Waals surface area contributed by atoms with E-state index in [-0.39, 0.29) is 5.56 Å². The van der Waals surface area contributed by atoms with Crippen molar-refractivity contribution in [1.82, 2.24) is 9.36 Å². The molecule has 0 atom stereocenters. The number of hydrogen-bond donors (Lipinski definition) is 1.